The first-order valence-corrected chi connectivity index (χ1v) is 8.32. The van der Waals surface area contributed by atoms with Gasteiger partial charge in [-0.05, 0) is 43.7 Å². The van der Waals surface area contributed by atoms with Crippen molar-refractivity contribution in [2.45, 2.75) is 71.9 Å². The summed E-state index contributed by atoms with van der Waals surface area (Å²) in [7, 11) is 0.364. The summed E-state index contributed by atoms with van der Waals surface area (Å²) in [5.41, 5.74) is 1.06. The van der Waals surface area contributed by atoms with Crippen LogP contribution < -0.4 is 0 Å². The number of hydrogen-bond donors (Lipinski definition) is 0. The van der Waals surface area contributed by atoms with Crippen molar-refractivity contribution in [1.29, 1.82) is 0 Å². The molecule has 0 aliphatic heterocycles. The van der Waals surface area contributed by atoms with E-state index in [1.54, 1.807) is 0 Å². The van der Waals surface area contributed by atoms with E-state index in [-0.39, 0.29) is 0 Å². The second kappa shape index (κ2) is 9.97. The van der Waals surface area contributed by atoms with Crippen LogP contribution in [-0.2, 0) is 0 Å². The molecule has 14 heavy (non-hydrogen) atoms. The molecule has 0 unspecified atom stereocenters. The van der Waals surface area contributed by atoms with Gasteiger partial charge in [-0.15, -0.1) is 7.92 Å². The normalized spacial score (nSPS) is 11.6. The number of unbranched alkanes of at least 4 members (excludes halogenated alkanes) is 2. The Labute approximate surface area is 92.6 Å². The lowest BCUT2D eigenvalue weighted by molar-refractivity contribution is 0.761. The Morgan fingerprint density at radius 1 is 0.786 bits per heavy atom. The Kier molecular flexibility index (Phi) is 10.3. The molecule has 0 fully saturated rings. The van der Waals surface area contributed by atoms with Crippen molar-refractivity contribution in [1.82, 2.24) is 0 Å². The van der Waals surface area contributed by atoms with Crippen LogP contribution in [0.1, 0.15) is 66.2 Å². The van der Waals surface area contributed by atoms with Crippen LogP contribution in [0.2, 0.25) is 0 Å². The van der Waals surface area contributed by atoms with Crippen LogP contribution in [-0.4, -0.2) is 18.0 Å². The summed E-state index contributed by atoms with van der Waals surface area (Å²) in [6.07, 6.45) is 11.6. The zero-order valence-corrected chi connectivity index (χ0v) is 11.6. The maximum atomic E-state index is 2.38. The molecule has 0 aliphatic rings. The van der Waals surface area contributed by atoms with Crippen molar-refractivity contribution in [3.63, 3.8) is 0 Å². The molecule has 0 rings (SSSR count). The van der Waals surface area contributed by atoms with Gasteiger partial charge in [-0.1, -0.05) is 40.5 Å². The molecule has 86 valence electrons. The monoisotopic (exact) mass is 216 g/mol. The molecule has 0 atom stereocenters. The van der Waals surface area contributed by atoms with Gasteiger partial charge in [0.05, 0.1) is 0 Å². The summed E-state index contributed by atoms with van der Waals surface area (Å²) < 4.78 is 0. The second-order valence-corrected chi connectivity index (χ2v) is 7.02. The van der Waals surface area contributed by atoms with Crippen LogP contribution in [0.5, 0.6) is 0 Å². The van der Waals surface area contributed by atoms with Crippen molar-refractivity contribution >= 4 is 7.92 Å². The maximum Gasteiger partial charge on any atom is -0.0214 e. The van der Waals surface area contributed by atoms with Gasteiger partial charge in [0.1, 0.15) is 0 Å². The summed E-state index contributed by atoms with van der Waals surface area (Å²) in [5, 5.41) is 0. The van der Waals surface area contributed by atoms with Crippen LogP contribution in [0.25, 0.3) is 0 Å². The summed E-state index contributed by atoms with van der Waals surface area (Å²) in [5.74, 6) is 0. The molecule has 0 spiro atoms. The second-order valence-electron chi connectivity index (χ2n) is 4.21. The van der Waals surface area contributed by atoms with Crippen LogP contribution in [0.15, 0.2) is 0 Å². The van der Waals surface area contributed by atoms with E-state index in [1.165, 1.54) is 50.8 Å². The van der Waals surface area contributed by atoms with E-state index < -0.39 is 0 Å². The summed E-state index contributed by atoms with van der Waals surface area (Å²) >= 11 is 0. The van der Waals surface area contributed by atoms with E-state index in [4.69, 9.17) is 0 Å². The molecule has 0 aliphatic carbocycles. The first-order valence-electron chi connectivity index (χ1n) is 6.54. The van der Waals surface area contributed by atoms with Gasteiger partial charge in [0.15, 0.2) is 0 Å². The van der Waals surface area contributed by atoms with E-state index in [2.05, 4.69) is 27.7 Å². The fraction of sp³-hybridized carbons (Fsp3) is 1.00. The molecule has 1 heteroatoms. The molecule has 0 radical (unpaired) electrons. The van der Waals surface area contributed by atoms with Gasteiger partial charge < -0.3 is 0 Å². The highest BCUT2D eigenvalue weighted by molar-refractivity contribution is 7.58. The lowest BCUT2D eigenvalue weighted by Gasteiger charge is -2.26. The highest BCUT2D eigenvalue weighted by Gasteiger charge is 2.16. The van der Waals surface area contributed by atoms with Gasteiger partial charge in [0.2, 0.25) is 0 Å². The van der Waals surface area contributed by atoms with Gasteiger partial charge in [-0.25, -0.2) is 0 Å². The van der Waals surface area contributed by atoms with Gasteiger partial charge in [-0.2, -0.15) is 0 Å². The van der Waals surface area contributed by atoms with Gasteiger partial charge in [0.25, 0.3) is 0 Å². The maximum absolute atomic E-state index is 2.38. The molecule has 0 aromatic rings. The van der Waals surface area contributed by atoms with Crippen molar-refractivity contribution in [2.24, 2.45) is 0 Å². The van der Waals surface area contributed by atoms with E-state index in [1.807, 2.05) is 0 Å². The van der Waals surface area contributed by atoms with Crippen LogP contribution in [0.3, 0.4) is 0 Å². The Balaban J connectivity index is 3.92. The highest BCUT2D eigenvalue weighted by atomic mass is 31.1. The zero-order valence-electron chi connectivity index (χ0n) is 10.7. The quantitative estimate of drug-likeness (QED) is 0.461. The summed E-state index contributed by atoms with van der Waals surface area (Å²) in [6.45, 7) is 9.39. The molecule has 0 amide bonds. The van der Waals surface area contributed by atoms with Crippen LogP contribution in [0, 0.1) is 0 Å². The predicted octanol–water partition coefficient (Wildman–Crippen LogP) is 5.26. The first-order chi connectivity index (χ1) is 6.79. The molecule has 0 aromatic heterocycles. The molecule has 0 aromatic carbocycles. The van der Waals surface area contributed by atoms with Gasteiger partial charge in [0, 0.05) is 0 Å². The molecular formula is C13H29P. The van der Waals surface area contributed by atoms with E-state index in [0.717, 1.165) is 5.66 Å². The molecule has 0 saturated heterocycles. The Hall–Kier alpha value is 0.430. The molecule has 0 saturated carbocycles. The highest BCUT2D eigenvalue weighted by Crippen LogP contribution is 2.46. The SMILES string of the molecule is CCCCP(CCCC)C(CC)CC. The topological polar surface area (TPSA) is 0 Å². The zero-order chi connectivity index (χ0) is 10.8. The predicted molar refractivity (Wildman–Crippen MR) is 70.8 cm³/mol. The Morgan fingerprint density at radius 2 is 1.21 bits per heavy atom. The van der Waals surface area contributed by atoms with Crippen molar-refractivity contribution in [2.75, 3.05) is 12.3 Å². The van der Waals surface area contributed by atoms with Crippen LogP contribution >= 0.6 is 7.92 Å². The lowest BCUT2D eigenvalue weighted by Crippen LogP contribution is -2.07. The molecular weight excluding hydrogens is 187 g/mol. The standard InChI is InChI=1S/C13H29P/c1-5-9-11-14(12-10-6-2)13(7-3)8-4/h13H,5-12H2,1-4H3. The smallest absolute Gasteiger partial charge is 0.0214 e. The molecule has 0 bridgehead atoms. The average Bonchev–Trinajstić information content (AvgIpc) is 2.22. The summed E-state index contributed by atoms with van der Waals surface area (Å²) in [6, 6.07) is 0. The van der Waals surface area contributed by atoms with Crippen molar-refractivity contribution in [3.05, 3.63) is 0 Å². The van der Waals surface area contributed by atoms with E-state index in [9.17, 15) is 0 Å². The van der Waals surface area contributed by atoms with Gasteiger partial charge in [-0.3, -0.25) is 0 Å². The average molecular weight is 216 g/mol. The van der Waals surface area contributed by atoms with Crippen LogP contribution in [0.4, 0.5) is 0 Å². The Morgan fingerprint density at radius 3 is 1.50 bits per heavy atom. The fourth-order valence-electron chi connectivity index (χ4n) is 2.00. The largest absolute Gasteiger partial charge is 0.104 e. The third kappa shape index (κ3) is 6.02. The minimum atomic E-state index is 0.364. The molecule has 0 nitrogen and oxygen atoms in total. The third-order valence-electron chi connectivity index (χ3n) is 3.06. The minimum absolute atomic E-state index is 0.364. The number of rotatable bonds is 9. The first kappa shape index (κ1) is 14.4. The summed E-state index contributed by atoms with van der Waals surface area (Å²) in [4.78, 5) is 0. The number of hydrogen-bond acceptors (Lipinski definition) is 0. The van der Waals surface area contributed by atoms with E-state index >= 15 is 0 Å². The fourth-order valence-corrected chi connectivity index (χ4v) is 5.44. The Bertz CT molecular complexity index is 99.8. The van der Waals surface area contributed by atoms with Crippen molar-refractivity contribution in [3.8, 4) is 0 Å². The third-order valence-corrected chi connectivity index (χ3v) is 6.60. The molecule has 0 heterocycles. The molecule has 0 N–H and O–H groups in total. The lowest BCUT2D eigenvalue weighted by atomic mass is 10.3. The van der Waals surface area contributed by atoms with E-state index in [0.29, 0.717) is 7.92 Å². The van der Waals surface area contributed by atoms with Gasteiger partial charge >= 0.3 is 0 Å². The van der Waals surface area contributed by atoms with Crippen molar-refractivity contribution < 1.29 is 0 Å². The minimum Gasteiger partial charge on any atom is -0.104 e.